The minimum absolute atomic E-state index is 0.00898. The molecular weight excluding hydrogens is 402 g/mol. The maximum Gasteiger partial charge on any atom is 0.240 e. The number of ether oxygens (including phenoxy) is 1. The Hall–Kier alpha value is -2.24. The molecule has 3 N–H and O–H groups in total. The van der Waals surface area contributed by atoms with Crippen molar-refractivity contribution in [3.05, 3.63) is 34.9 Å². The van der Waals surface area contributed by atoms with E-state index in [-0.39, 0.29) is 23.8 Å². The monoisotopic (exact) mass is 427 g/mol. The van der Waals surface area contributed by atoms with Crippen molar-refractivity contribution >= 4 is 28.1 Å². The molecule has 0 aliphatic heterocycles. The van der Waals surface area contributed by atoms with Crippen LogP contribution in [0.5, 0.6) is 5.75 Å². The Balaban J connectivity index is 1.75. The van der Waals surface area contributed by atoms with Gasteiger partial charge in [0.2, 0.25) is 15.9 Å². The van der Waals surface area contributed by atoms with E-state index in [4.69, 9.17) is 17.0 Å². The number of sulfonamides is 1. The van der Waals surface area contributed by atoms with Gasteiger partial charge < -0.3 is 14.6 Å². The van der Waals surface area contributed by atoms with Gasteiger partial charge in [-0.3, -0.25) is 9.89 Å². The largest absolute Gasteiger partial charge is 0.494 e. The van der Waals surface area contributed by atoms with E-state index in [1.54, 1.807) is 12.1 Å². The molecule has 0 saturated heterocycles. The number of aromatic nitrogens is 3. The minimum Gasteiger partial charge on any atom is -0.494 e. The molecule has 0 bridgehead atoms. The zero-order chi connectivity index (χ0) is 20.6. The first kappa shape index (κ1) is 22.1. The van der Waals surface area contributed by atoms with Gasteiger partial charge in [-0.05, 0) is 50.3 Å². The number of H-pyrrole nitrogens is 1. The second-order valence-electron chi connectivity index (χ2n) is 5.84. The summed E-state index contributed by atoms with van der Waals surface area (Å²) in [5.74, 6) is 1.13. The summed E-state index contributed by atoms with van der Waals surface area (Å²) < 4.78 is 34.6. The van der Waals surface area contributed by atoms with Crippen LogP contribution in [0.2, 0.25) is 0 Å². The molecule has 154 valence electrons. The quantitative estimate of drug-likeness (QED) is 0.467. The number of rotatable bonds is 11. The molecule has 1 amide bonds. The third-order valence-corrected chi connectivity index (χ3v) is 5.70. The average Bonchev–Trinajstić information content (AvgIpc) is 3.02. The van der Waals surface area contributed by atoms with Gasteiger partial charge in [-0.1, -0.05) is 0 Å². The van der Waals surface area contributed by atoms with Crippen molar-refractivity contribution in [3.63, 3.8) is 0 Å². The van der Waals surface area contributed by atoms with E-state index in [1.807, 2.05) is 18.4 Å². The van der Waals surface area contributed by atoms with Gasteiger partial charge in [-0.15, -0.1) is 0 Å². The molecule has 1 heterocycles. The summed E-state index contributed by atoms with van der Waals surface area (Å²) in [6, 6.07) is 6.12. The Morgan fingerprint density at radius 3 is 2.61 bits per heavy atom. The van der Waals surface area contributed by atoms with Crippen LogP contribution in [-0.2, 0) is 27.8 Å². The molecule has 0 aliphatic rings. The van der Waals surface area contributed by atoms with Crippen LogP contribution in [0.15, 0.2) is 29.2 Å². The zero-order valence-corrected chi connectivity index (χ0v) is 17.5. The van der Waals surface area contributed by atoms with E-state index in [0.29, 0.717) is 36.6 Å². The lowest BCUT2D eigenvalue weighted by Gasteiger charge is -2.09. The SMILES string of the molecule is CCOc1ccc(S(=O)(=O)NCCC(=O)NCCc2n[nH]c(=S)n2CC)cc1. The topological polar surface area (TPSA) is 118 Å². The Labute approximate surface area is 169 Å². The number of carbonyl (C=O) groups excluding carboxylic acids is 1. The lowest BCUT2D eigenvalue weighted by atomic mass is 10.3. The van der Waals surface area contributed by atoms with Crippen LogP contribution in [0.3, 0.4) is 0 Å². The maximum absolute atomic E-state index is 12.2. The number of benzene rings is 1. The summed E-state index contributed by atoms with van der Waals surface area (Å²) in [6.45, 7) is 5.42. The average molecular weight is 428 g/mol. The number of nitrogens with zero attached hydrogens (tertiary/aromatic N) is 2. The van der Waals surface area contributed by atoms with Crippen LogP contribution in [-0.4, -0.2) is 48.8 Å². The molecule has 28 heavy (non-hydrogen) atoms. The number of hydrogen-bond donors (Lipinski definition) is 3. The summed E-state index contributed by atoms with van der Waals surface area (Å²) in [4.78, 5) is 12.0. The number of hydrogen-bond acceptors (Lipinski definition) is 6. The van der Waals surface area contributed by atoms with Crippen molar-refractivity contribution in [2.24, 2.45) is 0 Å². The lowest BCUT2D eigenvalue weighted by Crippen LogP contribution is -2.32. The molecule has 0 atom stereocenters. The van der Waals surface area contributed by atoms with Crippen LogP contribution in [0.1, 0.15) is 26.1 Å². The van der Waals surface area contributed by atoms with E-state index in [0.717, 1.165) is 5.82 Å². The Morgan fingerprint density at radius 1 is 1.25 bits per heavy atom. The van der Waals surface area contributed by atoms with E-state index in [9.17, 15) is 13.2 Å². The number of amides is 1. The summed E-state index contributed by atoms with van der Waals surface area (Å²) in [5.41, 5.74) is 0. The Kier molecular flexibility index (Phi) is 8.15. The molecule has 0 aliphatic carbocycles. The zero-order valence-electron chi connectivity index (χ0n) is 15.9. The van der Waals surface area contributed by atoms with Crippen molar-refractivity contribution in [3.8, 4) is 5.75 Å². The van der Waals surface area contributed by atoms with Gasteiger partial charge in [0.1, 0.15) is 11.6 Å². The molecule has 11 heteroatoms. The highest BCUT2D eigenvalue weighted by Crippen LogP contribution is 2.15. The lowest BCUT2D eigenvalue weighted by molar-refractivity contribution is -0.120. The van der Waals surface area contributed by atoms with E-state index in [1.165, 1.54) is 12.1 Å². The Bertz CT molecular complexity index is 935. The molecule has 0 spiro atoms. The minimum atomic E-state index is -3.67. The Morgan fingerprint density at radius 2 is 1.96 bits per heavy atom. The maximum atomic E-state index is 12.2. The fraction of sp³-hybridized carbons (Fsp3) is 0.471. The highest BCUT2D eigenvalue weighted by atomic mass is 32.2. The third-order valence-electron chi connectivity index (χ3n) is 3.91. The van der Waals surface area contributed by atoms with Gasteiger partial charge in [0.05, 0.1) is 11.5 Å². The molecule has 2 rings (SSSR count). The van der Waals surface area contributed by atoms with E-state index in [2.05, 4.69) is 20.2 Å². The number of nitrogens with one attached hydrogen (secondary N) is 3. The fourth-order valence-corrected chi connectivity index (χ4v) is 3.85. The standard InChI is InChI=1S/C17H25N5O4S2/c1-3-22-15(20-21-17(22)27)9-11-18-16(23)10-12-19-28(24,25)14-7-5-13(6-8-14)26-4-2/h5-8,19H,3-4,9-12H2,1-2H3,(H,18,23)(H,21,27). The molecule has 1 aromatic carbocycles. The van der Waals surface area contributed by atoms with Crippen molar-refractivity contribution < 1.29 is 17.9 Å². The molecule has 2 aromatic rings. The molecular formula is C17H25N5O4S2. The van der Waals surface area contributed by atoms with Crippen LogP contribution >= 0.6 is 12.2 Å². The number of aromatic amines is 1. The molecule has 0 saturated carbocycles. The molecule has 0 unspecified atom stereocenters. The summed E-state index contributed by atoms with van der Waals surface area (Å²) in [7, 11) is -3.67. The summed E-state index contributed by atoms with van der Waals surface area (Å²) in [5, 5.41) is 9.59. The van der Waals surface area contributed by atoms with Crippen molar-refractivity contribution in [1.29, 1.82) is 0 Å². The summed E-state index contributed by atoms with van der Waals surface area (Å²) >= 11 is 5.11. The van der Waals surface area contributed by atoms with Crippen molar-refractivity contribution in [2.75, 3.05) is 19.7 Å². The van der Waals surface area contributed by atoms with E-state index < -0.39 is 10.0 Å². The second kappa shape index (κ2) is 10.3. The van der Waals surface area contributed by atoms with Gasteiger partial charge in [0, 0.05) is 32.5 Å². The van der Waals surface area contributed by atoms with Gasteiger partial charge in [0.25, 0.3) is 0 Å². The van der Waals surface area contributed by atoms with Gasteiger partial charge >= 0.3 is 0 Å². The van der Waals surface area contributed by atoms with Crippen LogP contribution < -0.4 is 14.8 Å². The smallest absolute Gasteiger partial charge is 0.240 e. The molecule has 1 aromatic heterocycles. The van der Waals surface area contributed by atoms with Gasteiger partial charge in [-0.2, -0.15) is 5.10 Å². The molecule has 0 radical (unpaired) electrons. The van der Waals surface area contributed by atoms with E-state index >= 15 is 0 Å². The van der Waals surface area contributed by atoms with Crippen molar-refractivity contribution in [2.45, 2.75) is 38.1 Å². The number of carbonyl (C=O) groups is 1. The summed E-state index contributed by atoms with van der Waals surface area (Å²) in [6.07, 6.45) is 0.571. The predicted octanol–water partition coefficient (Wildman–Crippen LogP) is 1.39. The first-order valence-electron chi connectivity index (χ1n) is 9.00. The molecule has 0 fully saturated rings. The highest BCUT2D eigenvalue weighted by Gasteiger charge is 2.14. The second-order valence-corrected chi connectivity index (χ2v) is 8.00. The first-order valence-corrected chi connectivity index (χ1v) is 10.9. The van der Waals surface area contributed by atoms with Crippen LogP contribution in [0.4, 0.5) is 0 Å². The third kappa shape index (κ3) is 6.14. The van der Waals surface area contributed by atoms with Crippen LogP contribution in [0, 0.1) is 4.77 Å². The van der Waals surface area contributed by atoms with Gasteiger partial charge in [-0.25, -0.2) is 13.1 Å². The highest BCUT2D eigenvalue weighted by molar-refractivity contribution is 7.89. The fourth-order valence-electron chi connectivity index (χ4n) is 2.53. The molecule has 9 nitrogen and oxygen atoms in total. The predicted molar refractivity (Wildman–Crippen MR) is 107 cm³/mol. The van der Waals surface area contributed by atoms with Crippen molar-refractivity contribution in [1.82, 2.24) is 24.8 Å². The first-order chi connectivity index (χ1) is 13.4. The normalized spacial score (nSPS) is 11.4. The van der Waals surface area contributed by atoms with Gasteiger partial charge in [0.15, 0.2) is 4.77 Å². The van der Waals surface area contributed by atoms with Crippen LogP contribution in [0.25, 0.3) is 0 Å².